The second kappa shape index (κ2) is 7.04. The van der Waals surface area contributed by atoms with Gasteiger partial charge < -0.3 is 10.4 Å². The molecule has 2 N–H and O–H groups in total. The molecule has 0 saturated carbocycles. The fourth-order valence-electron chi connectivity index (χ4n) is 2.10. The minimum atomic E-state index is -0.931. The van der Waals surface area contributed by atoms with Crippen molar-refractivity contribution in [2.75, 3.05) is 0 Å². The van der Waals surface area contributed by atoms with Gasteiger partial charge in [-0.15, -0.1) is 0 Å². The lowest BCUT2D eigenvalue weighted by atomic mass is 9.94. The minimum Gasteiger partial charge on any atom is -0.481 e. The van der Waals surface area contributed by atoms with E-state index < -0.39 is 17.9 Å². The van der Waals surface area contributed by atoms with Crippen LogP contribution < -0.4 is 5.32 Å². The lowest BCUT2D eigenvalue weighted by molar-refractivity contribution is -0.142. The molecule has 1 heterocycles. The van der Waals surface area contributed by atoms with Crippen molar-refractivity contribution in [3.63, 3.8) is 0 Å². The Hall–Kier alpha value is -2.14. The number of carboxylic acids is 1. The molecule has 0 unspecified atom stereocenters. The first-order chi connectivity index (χ1) is 10.1. The summed E-state index contributed by atoms with van der Waals surface area (Å²) in [7, 11) is 0. The van der Waals surface area contributed by atoms with Crippen molar-refractivity contribution in [2.24, 2.45) is 5.92 Å². The van der Waals surface area contributed by atoms with Gasteiger partial charge in [0.05, 0.1) is 18.4 Å². The van der Waals surface area contributed by atoms with Crippen LogP contribution in [0.1, 0.15) is 24.1 Å². The SMILES string of the molecule is C[C@@H](C(=O)O)[C@H](NC(=O)Cc1ccsc1)c1ccccc1. The normalized spacial score (nSPS) is 13.4. The van der Waals surface area contributed by atoms with Crippen LogP contribution in [0.4, 0.5) is 0 Å². The molecule has 0 aliphatic rings. The van der Waals surface area contributed by atoms with Crippen molar-refractivity contribution >= 4 is 23.2 Å². The summed E-state index contributed by atoms with van der Waals surface area (Å²) >= 11 is 1.53. The highest BCUT2D eigenvalue weighted by Gasteiger charge is 2.26. The molecular formula is C16H17NO3S. The molecule has 0 spiro atoms. The Morgan fingerprint density at radius 3 is 2.52 bits per heavy atom. The number of carbonyl (C=O) groups is 2. The molecule has 1 aromatic heterocycles. The third-order valence-electron chi connectivity index (χ3n) is 3.31. The van der Waals surface area contributed by atoms with E-state index >= 15 is 0 Å². The molecule has 0 fully saturated rings. The lowest BCUT2D eigenvalue weighted by Crippen LogP contribution is -2.36. The van der Waals surface area contributed by atoms with Gasteiger partial charge in [0.2, 0.25) is 5.91 Å². The first-order valence-corrected chi connectivity index (χ1v) is 7.60. The van der Waals surface area contributed by atoms with Gasteiger partial charge in [-0.1, -0.05) is 30.3 Å². The van der Waals surface area contributed by atoms with Gasteiger partial charge in [0.25, 0.3) is 0 Å². The summed E-state index contributed by atoms with van der Waals surface area (Å²) in [5, 5.41) is 15.9. The van der Waals surface area contributed by atoms with Crippen molar-refractivity contribution in [3.8, 4) is 0 Å². The summed E-state index contributed by atoms with van der Waals surface area (Å²) in [6.07, 6.45) is 0.263. The average Bonchev–Trinajstić information content (AvgIpc) is 2.97. The zero-order valence-corrected chi connectivity index (χ0v) is 12.5. The highest BCUT2D eigenvalue weighted by atomic mass is 32.1. The zero-order chi connectivity index (χ0) is 15.2. The number of hydrogen-bond donors (Lipinski definition) is 2. The van der Waals surface area contributed by atoms with Crippen molar-refractivity contribution in [1.82, 2.24) is 5.32 Å². The van der Waals surface area contributed by atoms with Gasteiger partial charge in [-0.3, -0.25) is 9.59 Å². The second-order valence-electron chi connectivity index (χ2n) is 4.89. The average molecular weight is 303 g/mol. The fraction of sp³-hybridized carbons (Fsp3) is 0.250. The molecule has 4 nitrogen and oxygen atoms in total. The summed E-state index contributed by atoms with van der Waals surface area (Å²) < 4.78 is 0. The first-order valence-electron chi connectivity index (χ1n) is 6.66. The molecular weight excluding hydrogens is 286 g/mol. The molecule has 110 valence electrons. The van der Waals surface area contributed by atoms with Crippen LogP contribution in [0.5, 0.6) is 0 Å². The van der Waals surface area contributed by atoms with E-state index in [1.807, 2.05) is 47.2 Å². The van der Waals surface area contributed by atoms with E-state index in [1.165, 1.54) is 11.3 Å². The highest BCUT2D eigenvalue weighted by Crippen LogP contribution is 2.22. The molecule has 0 saturated heterocycles. The third kappa shape index (κ3) is 4.16. The van der Waals surface area contributed by atoms with Crippen LogP contribution in [-0.2, 0) is 16.0 Å². The molecule has 1 aromatic carbocycles. The van der Waals surface area contributed by atoms with Gasteiger partial charge in [0.1, 0.15) is 0 Å². The number of nitrogens with one attached hydrogen (secondary N) is 1. The Labute approximate surface area is 127 Å². The molecule has 2 atom stereocenters. The van der Waals surface area contributed by atoms with E-state index in [2.05, 4.69) is 5.32 Å². The molecule has 0 aliphatic carbocycles. The van der Waals surface area contributed by atoms with Crippen LogP contribution in [-0.4, -0.2) is 17.0 Å². The number of aliphatic carboxylic acids is 1. The van der Waals surface area contributed by atoms with E-state index in [4.69, 9.17) is 0 Å². The van der Waals surface area contributed by atoms with Gasteiger partial charge in [-0.2, -0.15) is 11.3 Å². The Kier molecular flexibility index (Phi) is 5.11. The van der Waals surface area contributed by atoms with Gasteiger partial charge in [-0.05, 0) is 34.9 Å². The Morgan fingerprint density at radius 2 is 1.95 bits per heavy atom. The van der Waals surface area contributed by atoms with Crippen LogP contribution in [0, 0.1) is 5.92 Å². The maximum atomic E-state index is 12.1. The number of hydrogen-bond acceptors (Lipinski definition) is 3. The predicted octanol–water partition coefficient (Wildman–Crippen LogP) is 2.87. The fourth-order valence-corrected chi connectivity index (χ4v) is 2.77. The van der Waals surface area contributed by atoms with Crippen LogP contribution in [0.25, 0.3) is 0 Å². The van der Waals surface area contributed by atoms with Gasteiger partial charge in [0, 0.05) is 0 Å². The smallest absolute Gasteiger partial charge is 0.308 e. The first kappa shape index (κ1) is 15.3. The Bertz CT molecular complexity index is 595. The summed E-state index contributed by atoms with van der Waals surface area (Å²) in [6.45, 7) is 1.60. The summed E-state index contributed by atoms with van der Waals surface area (Å²) in [6, 6.07) is 10.5. The van der Waals surface area contributed by atoms with Crippen LogP contribution in [0.15, 0.2) is 47.2 Å². The molecule has 21 heavy (non-hydrogen) atoms. The van der Waals surface area contributed by atoms with Crippen molar-refractivity contribution in [3.05, 3.63) is 58.3 Å². The summed E-state index contributed by atoms with van der Waals surface area (Å²) in [4.78, 5) is 23.4. The molecule has 2 rings (SSSR count). The standard InChI is InChI=1S/C16H17NO3S/c1-11(16(19)20)15(13-5-3-2-4-6-13)17-14(18)9-12-7-8-21-10-12/h2-8,10-11,15H,9H2,1H3,(H,17,18)(H,19,20)/t11-,15+/m1/s1. The Morgan fingerprint density at radius 1 is 1.24 bits per heavy atom. The molecule has 5 heteroatoms. The van der Waals surface area contributed by atoms with Crippen LogP contribution in [0.3, 0.4) is 0 Å². The quantitative estimate of drug-likeness (QED) is 0.862. The van der Waals surface area contributed by atoms with Crippen molar-refractivity contribution in [1.29, 1.82) is 0 Å². The van der Waals surface area contributed by atoms with Crippen LogP contribution in [0.2, 0.25) is 0 Å². The Balaban J connectivity index is 2.12. The van der Waals surface area contributed by atoms with Gasteiger partial charge in [-0.25, -0.2) is 0 Å². The number of amides is 1. The summed E-state index contributed by atoms with van der Waals surface area (Å²) in [5.74, 6) is -1.80. The monoisotopic (exact) mass is 303 g/mol. The third-order valence-corrected chi connectivity index (χ3v) is 4.04. The van der Waals surface area contributed by atoms with Gasteiger partial charge in [0.15, 0.2) is 0 Å². The predicted molar refractivity (Wildman–Crippen MR) is 82.1 cm³/mol. The maximum Gasteiger partial charge on any atom is 0.308 e. The van der Waals surface area contributed by atoms with Gasteiger partial charge >= 0.3 is 5.97 Å². The highest BCUT2D eigenvalue weighted by molar-refractivity contribution is 7.07. The number of carbonyl (C=O) groups excluding carboxylic acids is 1. The number of carboxylic acid groups (broad SMARTS) is 1. The number of rotatable bonds is 6. The largest absolute Gasteiger partial charge is 0.481 e. The second-order valence-corrected chi connectivity index (χ2v) is 5.67. The topological polar surface area (TPSA) is 66.4 Å². The molecule has 0 aliphatic heterocycles. The van der Waals surface area contributed by atoms with E-state index in [-0.39, 0.29) is 12.3 Å². The molecule has 2 aromatic rings. The van der Waals surface area contributed by atoms with Crippen molar-refractivity contribution < 1.29 is 14.7 Å². The van der Waals surface area contributed by atoms with E-state index in [9.17, 15) is 14.7 Å². The maximum absolute atomic E-state index is 12.1. The van der Waals surface area contributed by atoms with E-state index in [1.54, 1.807) is 6.92 Å². The summed E-state index contributed by atoms with van der Waals surface area (Å²) in [5.41, 5.74) is 1.73. The number of benzene rings is 1. The minimum absolute atomic E-state index is 0.171. The molecule has 1 amide bonds. The lowest BCUT2D eigenvalue weighted by Gasteiger charge is -2.23. The van der Waals surface area contributed by atoms with E-state index in [0.717, 1.165) is 11.1 Å². The van der Waals surface area contributed by atoms with Crippen molar-refractivity contribution in [2.45, 2.75) is 19.4 Å². The molecule has 0 radical (unpaired) electrons. The van der Waals surface area contributed by atoms with E-state index in [0.29, 0.717) is 0 Å². The zero-order valence-electron chi connectivity index (χ0n) is 11.7. The number of thiophene rings is 1. The molecule has 0 bridgehead atoms. The van der Waals surface area contributed by atoms with Crippen LogP contribution >= 0.6 is 11.3 Å².